The van der Waals surface area contributed by atoms with Gasteiger partial charge in [-0.3, -0.25) is 0 Å². The summed E-state index contributed by atoms with van der Waals surface area (Å²) in [5.41, 5.74) is 0. The molecule has 0 saturated heterocycles. The molecule has 1 unspecified atom stereocenters. The average molecular weight is 316 g/mol. The molecule has 3 nitrogen and oxygen atoms in total. The highest BCUT2D eigenvalue weighted by Crippen LogP contribution is 2.39. The van der Waals surface area contributed by atoms with Gasteiger partial charge in [-0.2, -0.15) is 11.8 Å². The third-order valence-electron chi connectivity index (χ3n) is 3.07. The van der Waals surface area contributed by atoms with Crippen LogP contribution in [0.2, 0.25) is 0 Å². The maximum atomic E-state index is 4.67. The first-order valence-corrected chi connectivity index (χ1v) is 8.06. The summed E-state index contributed by atoms with van der Waals surface area (Å²) in [6.45, 7) is 2.23. The zero-order valence-electron chi connectivity index (χ0n) is 10.5. The Morgan fingerprint density at radius 2 is 2.24 bits per heavy atom. The maximum Gasteiger partial charge on any atom is 0.135 e. The van der Waals surface area contributed by atoms with Gasteiger partial charge in [0.1, 0.15) is 16.2 Å². The lowest BCUT2D eigenvalue weighted by molar-refractivity contribution is 0.743. The van der Waals surface area contributed by atoms with Crippen molar-refractivity contribution in [3.63, 3.8) is 0 Å². The summed E-state index contributed by atoms with van der Waals surface area (Å²) in [6.07, 6.45) is 4.61. The Hall–Kier alpha value is -0.290. The SMILES string of the molecule is CSCC(C)N(C)c1cc(Br)nc(C2CC2)n1. The van der Waals surface area contributed by atoms with Gasteiger partial charge in [-0.15, -0.1) is 0 Å². The Balaban J connectivity index is 2.18. The van der Waals surface area contributed by atoms with E-state index in [2.05, 4.69) is 51.0 Å². The van der Waals surface area contributed by atoms with Crippen LogP contribution >= 0.6 is 27.7 Å². The van der Waals surface area contributed by atoms with Crippen molar-refractivity contribution in [2.45, 2.75) is 31.7 Å². The van der Waals surface area contributed by atoms with E-state index in [4.69, 9.17) is 0 Å². The summed E-state index contributed by atoms with van der Waals surface area (Å²) in [5, 5.41) is 0. The van der Waals surface area contributed by atoms with E-state index < -0.39 is 0 Å². The van der Waals surface area contributed by atoms with Gasteiger partial charge in [0.05, 0.1) is 0 Å². The molecule has 1 aromatic rings. The molecule has 17 heavy (non-hydrogen) atoms. The van der Waals surface area contributed by atoms with Crippen LogP contribution < -0.4 is 4.90 Å². The van der Waals surface area contributed by atoms with E-state index in [-0.39, 0.29) is 0 Å². The Bertz CT molecular complexity index is 395. The molecule has 1 heterocycles. The van der Waals surface area contributed by atoms with Gasteiger partial charge in [0.2, 0.25) is 0 Å². The number of anilines is 1. The van der Waals surface area contributed by atoms with E-state index in [1.54, 1.807) is 0 Å². The third-order valence-corrected chi connectivity index (χ3v) is 4.29. The maximum absolute atomic E-state index is 4.67. The number of rotatable bonds is 5. The summed E-state index contributed by atoms with van der Waals surface area (Å²) in [7, 11) is 2.10. The first-order chi connectivity index (χ1) is 8.11. The molecule has 1 fully saturated rings. The molecule has 0 aromatic carbocycles. The quantitative estimate of drug-likeness (QED) is 0.780. The minimum atomic E-state index is 0.485. The smallest absolute Gasteiger partial charge is 0.135 e. The van der Waals surface area contributed by atoms with Crippen LogP contribution in [0.15, 0.2) is 10.7 Å². The molecule has 1 atom stereocenters. The van der Waals surface area contributed by atoms with Crippen molar-refractivity contribution in [3.05, 3.63) is 16.5 Å². The number of halogens is 1. The number of hydrogen-bond donors (Lipinski definition) is 0. The van der Waals surface area contributed by atoms with Crippen molar-refractivity contribution >= 4 is 33.5 Å². The van der Waals surface area contributed by atoms with Crippen molar-refractivity contribution in [1.29, 1.82) is 0 Å². The molecule has 0 spiro atoms. The summed E-state index contributed by atoms with van der Waals surface area (Å²) >= 11 is 5.35. The summed E-state index contributed by atoms with van der Waals surface area (Å²) in [6, 6.07) is 2.49. The van der Waals surface area contributed by atoms with E-state index in [0.717, 1.165) is 22.0 Å². The molecule has 1 aliphatic carbocycles. The molecule has 0 aliphatic heterocycles. The first kappa shape index (κ1) is 13.1. The molecule has 1 aromatic heterocycles. The zero-order valence-corrected chi connectivity index (χ0v) is 12.9. The van der Waals surface area contributed by atoms with Crippen molar-refractivity contribution in [1.82, 2.24) is 9.97 Å². The average Bonchev–Trinajstić information content (AvgIpc) is 3.11. The van der Waals surface area contributed by atoms with Crippen molar-refractivity contribution in [2.75, 3.05) is 24.0 Å². The molecule has 94 valence electrons. The standard InChI is InChI=1S/C12H18BrN3S/c1-8(7-17-3)16(2)11-6-10(13)14-12(15-11)9-4-5-9/h6,8-9H,4-5,7H2,1-3H3. The molecule has 1 saturated carbocycles. The van der Waals surface area contributed by atoms with Gasteiger partial charge >= 0.3 is 0 Å². The number of thioether (sulfide) groups is 1. The van der Waals surface area contributed by atoms with Gasteiger partial charge in [-0.1, -0.05) is 0 Å². The molecule has 0 radical (unpaired) electrons. The lowest BCUT2D eigenvalue weighted by atomic mass is 10.3. The summed E-state index contributed by atoms with van der Waals surface area (Å²) < 4.78 is 0.896. The Labute approximate surface area is 116 Å². The lowest BCUT2D eigenvalue weighted by Crippen LogP contribution is -2.31. The van der Waals surface area contributed by atoms with Crippen LogP contribution in [0.1, 0.15) is 31.5 Å². The minimum absolute atomic E-state index is 0.485. The van der Waals surface area contributed by atoms with E-state index in [1.807, 2.05) is 17.8 Å². The third kappa shape index (κ3) is 3.35. The Morgan fingerprint density at radius 1 is 1.53 bits per heavy atom. The largest absolute Gasteiger partial charge is 0.356 e. The predicted molar refractivity (Wildman–Crippen MR) is 78.0 cm³/mol. The fourth-order valence-corrected chi connectivity index (χ4v) is 2.80. The molecule has 0 N–H and O–H groups in total. The highest BCUT2D eigenvalue weighted by atomic mass is 79.9. The molecule has 0 bridgehead atoms. The van der Waals surface area contributed by atoms with Crippen LogP contribution in [0.3, 0.4) is 0 Å². The number of nitrogens with zero attached hydrogens (tertiary/aromatic N) is 3. The molecule has 1 aliphatic rings. The Kier molecular flexibility index (Phi) is 4.31. The highest BCUT2D eigenvalue weighted by Gasteiger charge is 2.27. The zero-order chi connectivity index (χ0) is 12.4. The second-order valence-electron chi connectivity index (χ2n) is 4.60. The minimum Gasteiger partial charge on any atom is -0.356 e. The van der Waals surface area contributed by atoms with E-state index in [1.165, 1.54) is 12.8 Å². The highest BCUT2D eigenvalue weighted by molar-refractivity contribution is 9.10. The molecular formula is C12H18BrN3S. The normalized spacial score (nSPS) is 16.9. The van der Waals surface area contributed by atoms with Crippen LogP contribution in [0.5, 0.6) is 0 Å². The summed E-state index contributed by atoms with van der Waals surface area (Å²) in [4.78, 5) is 11.4. The molecule has 0 amide bonds. The first-order valence-electron chi connectivity index (χ1n) is 5.88. The number of aromatic nitrogens is 2. The van der Waals surface area contributed by atoms with Gasteiger partial charge in [0.15, 0.2) is 0 Å². The molecule has 5 heteroatoms. The van der Waals surface area contributed by atoms with E-state index >= 15 is 0 Å². The Morgan fingerprint density at radius 3 is 2.82 bits per heavy atom. The van der Waals surface area contributed by atoms with Crippen LogP contribution in [0, 0.1) is 0 Å². The van der Waals surface area contributed by atoms with Gasteiger partial charge in [0.25, 0.3) is 0 Å². The van der Waals surface area contributed by atoms with E-state index in [0.29, 0.717) is 12.0 Å². The number of hydrogen-bond acceptors (Lipinski definition) is 4. The lowest BCUT2D eigenvalue weighted by Gasteiger charge is -2.25. The second kappa shape index (κ2) is 5.57. The van der Waals surface area contributed by atoms with Crippen LogP contribution in [0.4, 0.5) is 5.82 Å². The van der Waals surface area contributed by atoms with E-state index in [9.17, 15) is 0 Å². The fraction of sp³-hybridized carbons (Fsp3) is 0.667. The van der Waals surface area contributed by atoms with Crippen molar-refractivity contribution in [3.8, 4) is 0 Å². The van der Waals surface area contributed by atoms with Gasteiger partial charge < -0.3 is 4.90 Å². The van der Waals surface area contributed by atoms with Crippen molar-refractivity contribution in [2.24, 2.45) is 0 Å². The van der Waals surface area contributed by atoms with Crippen LogP contribution in [0.25, 0.3) is 0 Å². The van der Waals surface area contributed by atoms with Gasteiger partial charge in [-0.05, 0) is 42.0 Å². The monoisotopic (exact) mass is 315 g/mol. The molecular weight excluding hydrogens is 298 g/mol. The fourth-order valence-electron chi connectivity index (χ4n) is 1.71. The van der Waals surface area contributed by atoms with Crippen LogP contribution in [-0.4, -0.2) is 35.1 Å². The topological polar surface area (TPSA) is 29.0 Å². The summed E-state index contributed by atoms with van der Waals surface area (Å²) in [5.74, 6) is 3.72. The van der Waals surface area contributed by atoms with Crippen molar-refractivity contribution < 1.29 is 0 Å². The molecule has 2 rings (SSSR count). The van der Waals surface area contributed by atoms with Gasteiger partial charge in [-0.25, -0.2) is 9.97 Å². The predicted octanol–water partition coefficient (Wildman–Crippen LogP) is 3.30. The second-order valence-corrected chi connectivity index (χ2v) is 6.32. The van der Waals surface area contributed by atoms with Crippen LogP contribution in [-0.2, 0) is 0 Å². The van der Waals surface area contributed by atoms with Gasteiger partial charge in [0, 0.05) is 30.8 Å².